The lowest BCUT2D eigenvalue weighted by molar-refractivity contribution is -0.227. The third-order valence-corrected chi connectivity index (χ3v) is 5.82. The molecule has 0 fully saturated rings. The van der Waals surface area contributed by atoms with E-state index < -0.39 is 24.1 Å². The Kier molecular flexibility index (Phi) is 8.18. The predicted molar refractivity (Wildman–Crippen MR) is 137 cm³/mol. The van der Waals surface area contributed by atoms with Gasteiger partial charge in [0, 0.05) is 23.9 Å². The van der Waals surface area contributed by atoms with Crippen LogP contribution in [0.5, 0.6) is 5.75 Å². The Morgan fingerprint density at radius 3 is 2.13 bits per heavy atom. The monoisotopic (exact) mass is 538 g/mol. The lowest BCUT2D eigenvalue weighted by Crippen LogP contribution is -2.43. The molecule has 0 aliphatic heterocycles. The van der Waals surface area contributed by atoms with Gasteiger partial charge in [0.1, 0.15) is 5.75 Å². The van der Waals surface area contributed by atoms with E-state index >= 15 is 0 Å². The fourth-order valence-electron chi connectivity index (χ4n) is 3.96. The molecule has 0 aliphatic carbocycles. The first-order valence-electron chi connectivity index (χ1n) is 11.8. The van der Waals surface area contributed by atoms with Gasteiger partial charge in [-0.3, -0.25) is 0 Å². The highest BCUT2D eigenvalue weighted by Gasteiger charge is 2.44. The van der Waals surface area contributed by atoms with Crippen molar-refractivity contribution in [1.29, 1.82) is 0 Å². The van der Waals surface area contributed by atoms with Crippen molar-refractivity contribution in [3.63, 3.8) is 0 Å². The molecule has 3 aromatic carbocycles. The largest absolute Gasteiger partial charge is 0.494 e. The Morgan fingerprint density at radius 1 is 1.00 bits per heavy atom. The number of methoxy groups -OCH3 is 1. The second kappa shape index (κ2) is 11.7. The number of carbonyl (C=O) groups is 2. The van der Waals surface area contributed by atoms with Crippen LogP contribution in [0, 0.1) is 6.92 Å². The zero-order valence-electron chi connectivity index (χ0n) is 21.1. The van der Waals surface area contributed by atoms with Crippen molar-refractivity contribution in [1.82, 2.24) is 14.6 Å². The summed E-state index contributed by atoms with van der Waals surface area (Å²) in [5, 5.41) is 2.89. The summed E-state index contributed by atoms with van der Waals surface area (Å²) in [6.07, 6.45) is -1.93. The number of ether oxygens (including phenoxy) is 1. The van der Waals surface area contributed by atoms with Crippen LogP contribution in [0.4, 0.5) is 23.7 Å². The number of aromatic nitrogens is 2. The number of hydroxylamine groups is 2. The quantitative estimate of drug-likeness (QED) is 0.297. The minimum absolute atomic E-state index is 0.210. The topological polar surface area (TPSA) is 85.7 Å². The second-order valence-electron chi connectivity index (χ2n) is 8.55. The lowest BCUT2D eigenvalue weighted by Gasteiger charge is -2.27. The van der Waals surface area contributed by atoms with Gasteiger partial charge < -0.3 is 19.5 Å². The normalized spacial score (nSPS) is 11.2. The van der Waals surface area contributed by atoms with Crippen molar-refractivity contribution >= 4 is 17.7 Å². The van der Waals surface area contributed by atoms with Crippen LogP contribution in [0.1, 0.15) is 22.7 Å². The average molecular weight is 539 g/mol. The maximum Gasteiger partial charge on any atom is 0.493 e. The first kappa shape index (κ1) is 27.2. The molecule has 202 valence electrons. The summed E-state index contributed by atoms with van der Waals surface area (Å²) >= 11 is 0. The molecule has 4 rings (SSSR count). The third-order valence-electron chi connectivity index (χ3n) is 5.82. The van der Waals surface area contributed by atoms with E-state index in [0.29, 0.717) is 27.6 Å². The van der Waals surface area contributed by atoms with E-state index in [9.17, 15) is 22.8 Å². The van der Waals surface area contributed by atoms with Crippen LogP contribution in [0.25, 0.3) is 5.69 Å². The summed E-state index contributed by atoms with van der Waals surface area (Å²) in [6.45, 7) is 1.44. The number of rotatable bonds is 7. The minimum Gasteiger partial charge on any atom is -0.494 e. The summed E-state index contributed by atoms with van der Waals surface area (Å²) in [7, 11) is 1.44. The van der Waals surface area contributed by atoms with Crippen LogP contribution in [0.15, 0.2) is 91.4 Å². The van der Waals surface area contributed by atoms with Crippen molar-refractivity contribution in [2.24, 2.45) is 0 Å². The van der Waals surface area contributed by atoms with Gasteiger partial charge >= 0.3 is 18.2 Å². The molecule has 4 aromatic rings. The number of urea groups is 1. The van der Waals surface area contributed by atoms with Crippen molar-refractivity contribution in [2.45, 2.75) is 19.0 Å². The van der Waals surface area contributed by atoms with Gasteiger partial charge in [-0.25, -0.2) is 14.6 Å². The van der Waals surface area contributed by atoms with Gasteiger partial charge in [0.2, 0.25) is 0 Å². The number of halogens is 3. The number of aryl methyl sites for hydroxylation is 1. The standard InChI is InChI=1S/C28H25F3N4O4/c1-19-16-34(18-32-19)24-14-13-22(15-25(24)38-2)33-27(37)35(39-26(36)28(29,30)31)17-23(20-9-5-3-6-10-20)21-11-7-4-8-12-21/h3-16,18,23H,17H2,1-2H3,(H,33,37). The van der Waals surface area contributed by atoms with Crippen molar-refractivity contribution in [3.8, 4) is 11.4 Å². The molecule has 0 atom stereocenters. The minimum atomic E-state index is -5.30. The molecule has 0 unspecified atom stereocenters. The lowest BCUT2D eigenvalue weighted by atomic mass is 9.91. The highest BCUT2D eigenvalue weighted by molar-refractivity contribution is 5.90. The van der Waals surface area contributed by atoms with Crippen molar-refractivity contribution in [2.75, 3.05) is 19.0 Å². The van der Waals surface area contributed by atoms with Crippen LogP contribution in [0.2, 0.25) is 0 Å². The van der Waals surface area contributed by atoms with Crippen LogP contribution < -0.4 is 10.1 Å². The van der Waals surface area contributed by atoms with Gasteiger partial charge in [-0.15, -0.1) is 0 Å². The number of nitrogens with one attached hydrogen (secondary N) is 1. The number of nitrogens with zero attached hydrogens (tertiary/aromatic N) is 3. The van der Waals surface area contributed by atoms with Crippen molar-refractivity contribution < 1.29 is 32.3 Å². The van der Waals surface area contributed by atoms with E-state index in [4.69, 9.17) is 4.74 Å². The first-order chi connectivity index (χ1) is 18.7. The van der Waals surface area contributed by atoms with Gasteiger partial charge in [0.15, 0.2) is 0 Å². The zero-order valence-corrected chi connectivity index (χ0v) is 21.1. The second-order valence-corrected chi connectivity index (χ2v) is 8.55. The molecular formula is C28H25F3N4O4. The Balaban J connectivity index is 1.64. The van der Waals surface area contributed by atoms with Crippen molar-refractivity contribution in [3.05, 3.63) is 108 Å². The Hall–Kier alpha value is -4.80. The number of carbonyl (C=O) groups excluding carboxylic acids is 2. The smallest absolute Gasteiger partial charge is 0.493 e. The van der Waals surface area contributed by atoms with Gasteiger partial charge in [-0.05, 0) is 30.2 Å². The number of amides is 2. The molecule has 0 radical (unpaired) electrons. The number of hydrogen-bond donors (Lipinski definition) is 1. The third kappa shape index (κ3) is 6.75. The molecule has 1 heterocycles. The maximum atomic E-state index is 13.2. The summed E-state index contributed by atoms with van der Waals surface area (Å²) in [4.78, 5) is 33.8. The van der Waals surface area contributed by atoms with E-state index in [0.717, 1.165) is 5.69 Å². The Bertz CT molecular complexity index is 1390. The molecule has 0 aliphatic rings. The van der Waals surface area contributed by atoms with Crippen LogP contribution in [-0.4, -0.2) is 46.4 Å². The van der Waals surface area contributed by atoms with Gasteiger partial charge in [0.25, 0.3) is 0 Å². The molecule has 1 N–H and O–H groups in total. The van der Waals surface area contributed by atoms with E-state index in [2.05, 4.69) is 15.1 Å². The summed E-state index contributed by atoms with van der Waals surface area (Å²) < 4.78 is 46.6. The Labute approximate surface area is 222 Å². The fourth-order valence-corrected chi connectivity index (χ4v) is 3.96. The fraction of sp³-hybridized carbons (Fsp3) is 0.179. The highest BCUT2D eigenvalue weighted by Crippen LogP contribution is 2.29. The SMILES string of the molecule is COc1cc(NC(=O)N(CC(c2ccccc2)c2ccccc2)OC(=O)C(F)(F)F)ccc1-n1cnc(C)c1. The molecule has 2 amide bonds. The highest BCUT2D eigenvalue weighted by atomic mass is 19.4. The van der Waals surface area contributed by atoms with Gasteiger partial charge in [-0.1, -0.05) is 60.7 Å². The number of hydrogen-bond acceptors (Lipinski definition) is 5. The number of anilines is 1. The first-order valence-corrected chi connectivity index (χ1v) is 11.8. The molecule has 0 saturated heterocycles. The van der Waals surface area contributed by atoms with E-state index in [1.807, 2.05) is 6.92 Å². The van der Waals surface area contributed by atoms with Crippen LogP contribution in [-0.2, 0) is 9.63 Å². The summed E-state index contributed by atoms with van der Waals surface area (Å²) in [5.41, 5.74) is 3.05. The molecular weight excluding hydrogens is 513 g/mol. The van der Waals surface area contributed by atoms with Crippen LogP contribution in [0.3, 0.4) is 0 Å². The number of benzene rings is 3. The predicted octanol–water partition coefficient (Wildman–Crippen LogP) is 5.88. The summed E-state index contributed by atoms with van der Waals surface area (Å²) in [6, 6.07) is 21.4. The molecule has 11 heteroatoms. The maximum absolute atomic E-state index is 13.2. The molecule has 0 bridgehead atoms. The molecule has 0 spiro atoms. The number of alkyl halides is 3. The molecule has 0 saturated carbocycles. The van der Waals surface area contributed by atoms with E-state index in [1.54, 1.807) is 89.9 Å². The zero-order chi connectivity index (χ0) is 28.0. The average Bonchev–Trinajstić information content (AvgIpc) is 3.37. The molecule has 8 nitrogen and oxygen atoms in total. The molecule has 39 heavy (non-hydrogen) atoms. The number of imidazole rings is 1. The van der Waals surface area contributed by atoms with Crippen LogP contribution >= 0.6 is 0 Å². The summed E-state index contributed by atoms with van der Waals surface area (Å²) in [5.74, 6) is -2.74. The van der Waals surface area contributed by atoms with Gasteiger partial charge in [-0.2, -0.15) is 18.2 Å². The molecule has 1 aromatic heterocycles. The van der Waals surface area contributed by atoms with Gasteiger partial charge in [0.05, 0.1) is 31.4 Å². The van der Waals surface area contributed by atoms with E-state index in [-0.39, 0.29) is 12.2 Å². The van der Waals surface area contributed by atoms with E-state index in [1.165, 1.54) is 13.2 Å². The Morgan fingerprint density at radius 2 is 1.62 bits per heavy atom.